The van der Waals surface area contributed by atoms with Crippen LogP contribution in [0.1, 0.15) is 11.1 Å². The monoisotopic (exact) mass is 478 g/mol. The Kier molecular flexibility index (Phi) is 6.36. The van der Waals surface area contributed by atoms with Crippen molar-refractivity contribution in [3.05, 3.63) is 63.5 Å². The van der Waals surface area contributed by atoms with E-state index in [1.807, 2.05) is 0 Å². The van der Waals surface area contributed by atoms with E-state index < -0.39 is 30.3 Å². The summed E-state index contributed by atoms with van der Waals surface area (Å²) in [6.07, 6.45) is 1.46. The Labute approximate surface area is 179 Å². The lowest BCUT2D eigenvalue weighted by molar-refractivity contribution is -0.139. The van der Waals surface area contributed by atoms with Crippen molar-refractivity contribution in [3.8, 4) is 11.5 Å². The van der Waals surface area contributed by atoms with Gasteiger partial charge in [-0.15, -0.1) is 0 Å². The van der Waals surface area contributed by atoms with Gasteiger partial charge in [0, 0.05) is 0 Å². The molecule has 2 aromatic rings. The van der Waals surface area contributed by atoms with Crippen LogP contribution in [0.4, 0.5) is 9.18 Å². The Morgan fingerprint density at radius 1 is 1.27 bits per heavy atom. The van der Waals surface area contributed by atoms with E-state index in [1.165, 1.54) is 43.5 Å². The SMILES string of the molecule is COc1cc(C=C2NC(=O)N(Cc3ccc(F)cc3)C2=O)cc(Br)c1OCC(=O)O. The molecule has 3 amide bonds. The van der Waals surface area contributed by atoms with Gasteiger partial charge >= 0.3 is 12.0 Å². The molecule has 0 spiro atoms. The van der Waals surface area contributed by atoms with Crippen LogP contribution in [0, 0.1) is 5.82 Å². The van der Waals surface area contributed by atoms with Crippen LogP contribution < -0.4 is 14.8 Å². The maximum atomic E-state index is 13.0. The van der Waals surface area contributed by atoms with Gasteiger partial charge < -0.3 is 19.9 Å². The number of aliphatic carboxylic acids is 1. The van der Waals surface area contributed by atoms with Gasteiger partial charge in [-0.05, 0) is 57.4 Å². The number of benzene rings is 2. The van der Waals surface area contributed by atoms with E-state index in [4.69, 9.17) is 14.6 Å². The zero-order valence-corrected chi connectivity index (χ0v) is 17.2. The highest BCUT2D eigenvalue weighted by atomic mass is 79.9. The van der Waals surface area contributed by atoms with Gasteiger partial charge in [0.1, 0.15) is 11.5 Å². The van der Waals surface area contributed by atoms with E-state index in [1.54, 1.807) is 6.07 Å². The first-order valence-electron chi connectivity index (χ1n) is 8.59. The van der Waals surface area contributed by atoms with Crippen LogP contribution in [-0.4, -0.2) is 41.6 Å². The molecule has 1 fully saturated rings. The summed E-state index contributed by atoms with van der Waals surface area (Å²) >= 11 is 3.29. The number of carbonyl (C=O) groups excluding carboxylic acids is 2. The fourth-order valence-electron chi connectivity index (χ4n) is 2.75. The normalized spacial score (nSPS) is 14.8. The molecule has 8 nitrogen and oxygen atoms in total. The molecule has 156 valence electrons. The number of imide groups is 1. The molecule has 0 bridgehead atoms. The van der Waals surface area contributed by atoms with Crippen molar-refractivity contribution >= 4 is 39.9 Å². The summed E-state index contributed by atoms with van der Waals surface area (Å²) in [6, 6.07) is 8.03. The van der Waals surface area contributed by atoms with Gasteiger partial charge in [0.05, 0.1) is 18.1 Å². The molecule has 1 aliphatic rings. The molecule has 10 heteroatoms. The van der Waals surface area contributed by atoms with Gasteiger partial charge in [-0.3, -0.25) is 9.69 Å². The summed E-state index contributed by atoms with van der Waals surface area (Å²) < 4.78 is 23.9. The second-order valence-electron chi connectivity index (χ2n) is 6.22. The van der Waals surface area contributed by atoms with Crippen molar-refractivity contribution in [3.63, 3.8) is 0 Å². The molecule has 0 atom stereocenters. The van der Waals surface area contributed by atoms with Gasteiger partial charge in [0.15, 0.2) is 18.1 Å². The van der Waals surface area contributed by atoms with Gasteiger partial charge in [0.25, 0.3) is 5.91 Å². The van der Waals surface area contributed by atoms with Crippen molar-refractivity contribution in [2.45, 2.75) is 6.54 Å². The highest BCUT2D eigenvalue weighted by molar-refractivity contribution is 9.10. The standard InChI is InChI=1S/C20H16BrFN2O6/c1-29-16-8-12(6-14(21)18(16)30-10-17(25)26)7-15-19(27)24(20(28)23-15)9-11-2-4-13(22)5-3-11/h2-8H,9-10H2,1H3,(H,23,28)(H,25,26). The van der Waals surface area contributed by atoms with E-state index in [0.29, 0.717) is 15.6 Å². The van der Waals surface area contributed by atoms with Gasteiger partial charge in [-0.2, -0.15) is 0 Å². The molecule has 2 aromatic carbocycles. The molecule has 0 aliphatic carbocycles. The Bertz CT molecular complexity index is 1040. The summed E-state index contributed by atoms with van der Waals surface area (Å²) in [7, 11) is 1.39. The number of urea groups is 1. The van der Waals surface area contributed by atoms with Gasteiger partial charge in [-0.25, -0.2) is 14.0 Å². The number of halogens is 2. The number of methoxy groups -OCH3 is 1. The lowest BCUT2D eigenvalue weighted by atomic mass is 10.1. The smallest absolute Gasteiger partial charge is 0.341 e. The number of carboxylic acid groups (broad SMARTS) is 1. The van der Waals surface area contributed by atoms with Gasteiger partial charge in [-0.1, -0.05) is 12.1 Å². The summed E-state index contributed by atoms with van der Waals surface area (Å²) in [5, 5.41) is 11.3. The molecular weight excluding hydrogens is 463 g/mol. The van der Waals surface area contributed by atoms with Crippen LogP contribution in [0.25, 0.3) is 6.08 Å². The maximum Gasteiger partial charge on any atom is 0.341 e. The first-order valence-corrected chi connectivity index (χ1v) is 9.39. The minimum Gasteiger partial charge on any atom is -0.493 e. The minimum absolute atomic E-state index is 0.00271. The van der Waals surface area contributed by atoms with E-state index in [2.05, 4.69) is 21.2 Å². The van der Waals surface area contributed by atoms with E-state index in [0.717, 1.165) is 4.90 Å². The molecule has 3 rings (SSSR count). The number of rotatable bonds is 7. The average molecular weight is 479 g/mol. The Morgan fingerprint density at radius 3 is 2.60 bits per heavy atom. The molecule has 0 saturated carbocycles. The fourth-order valence-corrected chi connectivity index (χ4v) is 3.33. The number of nitrogens with zero attached hydrogens (tertiary/aromatic N) is 1. The van der Waals surface area contributed by atoms with E-state index >= 15 is 0 Å². The summed E-state index contributed by atoms with van der Waals surface area (Å²) in [5.41, 5.74) is 1.16. The Morgan fingerprint density at radius 2 is 1.97 bits per heavy atom. The number of ether oxygens (including phenoxy) is 2. The average Bonchev–Trinajstić information content (AvgIpc) is 2.95. The third kappa shape index (κ3) is 4.77. The first kappa shape index (κ1) is 21.3. The molecule has 2 N–H and O–H groups in total. The highest BCUT2D eigenvalue weighted by Gasteiger charge is 2.33. The Balaban J connectivity index is 1.83. The van der Waals surface area contributed by atoms with E-state index in [9.17, 15) is 18.8 Å². The largest absolute Gasteiger partial charge is 0.493 e. The molecule has 0 aromatic heterocycles. The predicted molar refractivity (Wildman–Crippen MR) is 107 cm³/mol. The summed E-state index contributed by atoms with van der Waals surface area (Å²) in [6.45, 7) is -0.556. The maximum absolute atomic E-state index is 13.0. The number of nitrogens with one attached hydrogen (secondary N) is 1. The molecule has 1 aliphatic heterocycles. The molecule has 0 radical (unpaired) electrons. The predicted octanol–water partition coefficient (Wildman–Crippen LogP) is 3.15. The number of hydrogen-bond donors (Lipinski definition) is 2. The quantitative estimate of drug-likeness (QED) is 0.467. The summed E-state index contributed by atoms with van der Waals surface area (Å²) in [4.78, 5) is 36.6. The number of hydrogen-bond acceptors (Lipinski definition) is 5. The van der Waals surface area contributed by atoms with Gasteiger partial charge in [0.2, 0.25) is 0 Å². The Hall–Kier alpha value is -3.40. The highest BCUT2D eigenvalue weighted by Crippen LogP contribution is 2.37. The molecule has 0 unspecified atom stereocenters. The fraction of sp³-hybridized carbons (Fsp3) is 0.150. The van der Waals surface area contributed by atoms with Crippen molar-refractivity contribution in [1.82, 2.24) is 10.2 Å². The van der Waals surface area contributed by atoms with E-state index in [-0.39, 0.29) is 23.7 Å². The number of carboxylic acids is 1. The third-order valence-electron chi connectivity index (χ3n) is 4.12. The number of amides is 3. The van der Waals surface area contributed by atoms with Crippen LogP contribution in [-0.2, 0) is 16.1 Å². The van der Waals surface area contributed by atoms with Crippen molar-refractivity contribution in [2.75, 3.05) is 13.7 Å². The second kappa shape index (κ2) is 8.95. The molecule has 1 saturated heterocycles. The second-order valence-corrected chi connectivity index (χ2v) is 7.08. The zero-order valence-electron chi connectivity index (χ0n) is 15.6. The van der Waals surface area contributed by atoms with Crippen LogP contribution in [0.15, 0.2) is 46.6 Å². The van der Waals surface area contributed by atoms with Crippen LogP contribution in [0.3, 0.4) is 0 Å². The zero-order chi connectivity index (χ0) is 21.8. The van der Waals surface area contributed by atoms with Crippen LogP contribution in [0.5, 0.6) is 11.5 Å². The minimum atomic E-state index is -1.14. The molecule has 30 heavy (non-hydrogen) atoms. The lowest BCUT2D eigenvalue weighted by Crippen LogP contribution is -2.30. The first-order chi connectivity index (χ1) is 14.3. The van der Waals surface area contributed by atoms with Crippen LogP contribution in [0.2, 0.25) is 0 Å². The molecular formula is C20H16BrFN2O6. The molecule has 1 heterocycles. The van der Waals surface area contributed by atoms with Crippen molar-refractivity contribution in [1.29, 1.82) is 0 Å². The van der Waals surface area contributed by atoms with Crippen molar-refractivity contribution in [2.24, 2.45) is 0 Å². The third-order valence-corrected chi connectivity index (χ3v) is 4.71. The lowest BCUT2D eigenvalue weighted by Gasteiger charge is -2.12. The summed E-state index contributed by atoms with van der Waals surface area (Å²) in [5.74, 6) is -1.65. The van der Waals surface area contributed by atoms with Crippen LogP contribution >= 0.6 is 15.9 Å². The van der Waals surface area contributed by atoms with Crippen molar-refractivity contribution < 1.29 is 33.4 Å². The number of carbonyl (C=O) groups is 3. The topological polar surface area (TPSA) is 105 Å².